The summed E-state index contributed by atoms with van der Waals surface area (Å²) in [6.07, 6.45) is 0. The standard InChI is InChI=1S/2C16H13N3O4S.Cr.I2.Na/c17-24(22,23)11-6-8-14(20)13(9-11)18-19-16-12-4-2-1-3-10(12)5-7-15(16)21;17-22-23-24-11-6-8-14(20)13(9-11)18-19-16-12-4-2-1-3-10(12)5-7-15(16)21;;1-2;/h1-9,20-21H,(H2,17,22,23);1-9,20-21H,17H2;;;/q;;;;+1. The van der Waals surface area contributed by atoms with Gasteiger partial charge in [-0.15, -0.1) is 29.8 Å². The van der Waals surface area contributed by atoms with Gasteiger partial charge in [0.15, 0.2) is 0 Å². The van der Waals surface area contributed by atoms with Gasteiger partial charge in [0.2, 0.25) is 10.0 Å². The maximum absolute atomic E-state index is 11.4. The van der Waals surface area contributed by atoms with Crippen molar-refractivity contribution in [2.75, 3.05) is 0 Å². The van der Waals surface area contributed by atoms with Crippen LogP contribution in [0, 0.1) is 0 Å². The van der Waals surface area contributed by atoms with Crippen LogP contribution in [-0.2, 0) is 36.7 Å². The van der Waals surface area contributed by atoms with E-state index in [1.54, 1.807) is 42.5 Å². The molecule has 6 rings (SSSR count). The third-order valence-electron chi connectivity index (χ3n) is 6.67. The summed E-state index contributed by atoms with van der Waals surface area (Å²) in [5, 5.41) is 64.0. The van der Waals surface area contributed by atoms with E-state index in [1.807, 2.05) is 36.4 Å². The predicted molar refractivity (Wildman–Crippen MR) is 207 cm³/mol. The predicted octanol–water partition coefficient (Wildman–Crippen LogP) is 6.58. The second-order valence-corrected chi connectivity index (χ2v) is 12.1. The summed E-state index contributed by atoms with van der Waals surface area (Å²) in [4.78, 5) is 4.43. The number of azo groups is 2. The Balaban J connectivity index is 0.000000332. The number of sulfonamides is 1. The number of halogens is 2. The molecule has 0 aliphatic carbocycles. The molecule has 0 aromatic heterocycles. The van der Waals surface area contributed by atoms with Crippen LogP contribution in [0.5, 0.6) is 23.0 Å². The molecule has 8 N–H and O–H groups in total. The molecule has 0 saturated heterocycles. The topological polar surface area (TPSA) is 235 Å². The number of hydrogen-bond acceptors (Lipinski definition) is 14. The Morgan fingerprint density at radius 3 is 1.54 bits per heavy atom. The van der Waals surface area contributed by atoms with Crippen molar-refractivity contribution >= 4 is 104 Å². The smallest absolute Gasteiger partial charge is 0.506 e. The molecule has 6 aromatic rings. The maximum atomic E-state index is 11.4. The molecule has 6 aromatic carbocycles. The molecule has 0 aliphatic rings. The molecule has 0 atom stereocenters. The van der Waals surface area contributed by atoms with E-state index < -0.39 is 10.0 Å². The van der Waals surface area contributed by atoms with Crippen molar-refractivity contribution in [1.82, 2.24) is 0 Å². The average Bonchev–Trinajstić information content (AvgIpc) is 3.12. The van der Waals surface area contributed by atoms with Crippen LogP contribution >= 0.6 is 49.3 Å². The van der Waals surface area contributed by atoms with E-state index in [-0.39, 0.29) is 91.9 Å². The summed E-state index contributed by atoms with van der Waals surface area (Å²) in [5.41, 5.74) is 0.683. The summed E-state index contributed by atoms with van der Waals surface area (Å²) in [6, 6.07) is 29.3. The number of benzene rings is 6. The number of primary sulfonamides is 1. The summed E-state index contributed by atoms with van der Waals surface area (Å²) < 4.78 is 27.3. The van der Waals surface area contributed by atoms with E-state index in [9.17, 15) is 28.8 Å². The van der Waals surface area contributed by atoms with Gasteiger partial charge in [0.1, 0.15) is 45.7 Å². The van der Waals surface area contributed by atoms with Crippen molar-refractivity contribution in [2.45, 2.75) is 9.79 Å². The van der Waals surface area contributed by atoms with Crippen molar-refractivity contribution in [3.05, 3.63) is 109 Å². The quantitative estimate of drug-likeness (QED) is 0.0239. The van der Waals surface area contributed by atoms with Crippen molar-refractivity contribution < 1.29 is 85.1 Å². The molecular formula is C32H26CrI2N6NaO8S2+. The Morgan fingerprint density at radius 2 is 1.06 bits per heavy atom. The zero-order chi connectivity index (χ0) is 36.3. The van der Waals surface area contributed by atoms with Gasteiger partial charge >= 0.3 is 29.6 Å². The van der Waals surface area contributed by atoms with Crippen LogP contribution in [0.1, 0.15) is 0 Å². The van der Waals surface area contributed by atoms with Crippen LogP contribution in [0.15, 0.2) is 139 Å². The third-order valence-corrected chi connectivity index (χ3v) is 8.17. The van der Waals surface area contributed by atoms with Crippen molar-refractivity contribution in [3.63, 3.8) is 0 Å². The maximum Gasteiger partial charge on any atom is 1.00 e. The molecule has 14 nitrogen and oxygen atoms in total. The van der Waals surface area contributed by atoms with E-state index in [2.05, 4.69) is 67.0 Å². The summed E-state index contributed by atoms with van der Waals surface area (Å²) in [5.74, 6) is 4.39. The van der Waals surface area contributed by atoms with Gasteiger partial charge in [-0.1, -0.05) is 60.7 Å². The van der Waals surface area contributed by atoms with Crippen LogP contribution < -0.4 is 40.6 Å². The molecule has 0 spiro atoms. The van der Waals surface area contributed by atoms with Gasteiger partial charge in [-0.25, -0.2) is 13.6 Å². The zero-order valence-electron chi connectivity index (χ0n) is 26.7. The molecule has 20 heteroatoms. The van der Waals surface area contributed by atoms with Crippen LogP contribution in [0.25, 0.3) is 21.5 Å². The first-order valence-electron chi connectivity index (χ1n) is 13.8. The van der Waals surface area contributed by atoms with Gasteiger partial charge in [-0.3, -0.25) is 0 Å². The van der Waals surface area contributed by atoms with E-state index in [0.29, 0.717) is 16.0 Å². The van der Waals surface area contributed by atoms with Gasteiger partial charge < -0.3 is 20.4 Å². The minimum Gasteiger partial charge on any atom is -0.506 e. The first kappa shape index (κ1) is 45.5. The van der Waals surface area contributed by atoms with E-state index in [4.69, 9.17) is 11.0 Å². The molecule has 52 heavy (non-hydrogen) atoms. The second kappa shape index (κ2) is 21.9. The molecule has 0 fully saturated rings. The van der Waals surface area contributed by atoms with E-state index in [0.717, 1.165) is 40.3 Å². The first-order valence-corrected chi connectivity index (χ1v) is 22.4. The summed E-state index contributed by atoms with van der Waals surface area (Å²) in [6.45, 7) is 0. The average molecular weight is 1020 g/mol. The van der Waals surface area contributed by atoms with Crippen molar-refractivity contribution in [3.8, 4) is 23.0 Å². The van der Waals surface area contributed by atoms with Crippen LogP contribution in [0.3, 0.4) is 0 Å². The number of aromatic hydroxyl groups is 4. The third kappa shape index (κ3) is 12.2. The number of fused-ring (bicyclic) bond motifs is 2. The van der Waals surface area contributed by atoms with E-state index in [1.165, 1.54) is 18.2 Å². The SMILES string of the molecule is II.NOOSc1ccc(O)c(N=Nc2c(O)ccc3ccccc23)c1.NS(=O)(=O)c1ccc(O)c(N=Nc2c(O)ccc3ccccc23)c1.[Cr].[Na+]. The largest absolute Gasteiger partial charge is 1.00 e. The fourth-order valence-electron chi connectivity index (χ4n) is 4.36. The molecule has 0 aliphatic heterocycles. The zero-order valence-corrected chi connectivity index (χ0v) is 36.0. The Bertz CT molecular complexity index is 2310. The fraction of sp³-hybridized carbons (Fsp3) is 0. The molecule has 0 radical (unpaired) electrons. The van der Waals surface area contributed by atoms with Gasteiger partial charge in [-0.2, -0.15) is 5.90 Å². The molecule has 0 saturated carbocycles. The Hall–Kier alpha value is -2.63. The Morgan fingerprint density at radius 1 is 0.615 bits per heavy atom. The first-order chi connectivity index (χ1) is 24.0. The Labute approximate surface area is 358 Å². The minimum atomic E-state index is -3.93. The van der Waals surface area contributed by atoms with Crippen LogP contribution in [0.2, 0.25) is 0 Å². The number of nitrogens with two attached hydrogens (primary N) is 2. The summed E-state index contributed by atoms with van der Waals surface area (Å²) >= 11 is 5.10. The van der Waals surface area contributed by atoms with Crippen molar-refractivity contribution in [1.29, 1.82) is 0 Å². The number of phenols is 4. The van der Waals surface area contributed by atoms with Gasteiger partial charge in [0.25, 0.3) is 0 Å². The van der Waals surface area contributed by atoms with Crippen molar-refractivity contribution in [2.24, 2.45) is 31.5 Å². The van der Waals surface area contributed by atoms with Crippen LogP contribution in [-0.4, -0.2) is 28.8 Å². The molecule has 0 bridgehead atoms. The number of rotatable bonds is 8. The number of nitrogens with zero attached hydrogens (tertiary/aromatic N) is 4. The molecule has 0 heterocycles. The van der Waals surface area contributed by atoms with Gasteiger partial charge in [0, 0.05) is 70.3 Å². The Kier molecular flexibility index (Phi) is 19.2. The minimum absolute atomic E-state index is 0. The van der Waals surface area contributed by atoms with Crippen LogP contribution in [0.4, 0.5) is 22.7 Å². The molecular weight excluding hydrogens is 989 g/mol. The number of phenolic OH excluding ortho intramolecular Hbond substituents is 4. The molecule has 0 amide bonds. The van der Waals surface area contributed by atoms with Gasteiger partial charge in [0.05, 0.1) is 16.9 Å². The fourth-order valence-corrected chi connectivity index (χ4v) is 5.29. The second-order valence-electron chi connectivity index (χ2n) is 9.80. The normalized spacial score (nSPS) is 10.9. The van der Waals surface area contributed by atoms with E-state index >= 15 is 0 Å². The number of hydrogen-bond donors (Lipinski definition) is 6. The molecule has 264 valence electrons. The van der Waals surface area contributed by atoms with Gasteiger partial charge in [-0.05, 0) is 59.3 Å². The monoisotopic (exact) mass is 1010 g/mol. The molecule has 0 unspecified atom stereocenters. The summed E-state index contributed by atoms with van der Waals surface area (Å²) in [7, 11) is -3.93.